The Hall–Kier alpha value is -1.02. The molecule has 6 heteroatoms. The van der Waals surface area contributed by atoms with Crippen molar-refractivity contribution in [1.82, 2.24) is 15.5 Å². The summed E-state index contributed by atoms with van der Waals surface area (Å²) < 4.78 is 5.33. The standard InChI is InChI=1S/C22H36N4O.HI/c1-4-23-22(25-19-9-5-6-10-19)24-16-18-8-7-15-26(2)21(18)17-11-13-20(27-3)14-12-17;/h11-14,18-19,21H,4-10,15-16H2,1-3H3,(H2,23,24,25);1H. The van der Waals surface area contributed by atoms with Gasteiger partial charge in [-0.1, -0.05) is 25.0 Å². The van der Waals surface area contributed by atoms with Crippen LogP contribution < -0.4 is 15.4 Å². The largest absolute Gasteiger partial charge is 0.497 e. The minimum absolute atomic E-state index is 0. The van der Waals surface area contributed by atoms with E-state index in [1.165, 1.54) is 44.1 Å². The van der Waals surface area contributed by atoms with E-state index in [2.05, 4.69) is 53.8 Å². The third-order valence-corrected chi connectivity index (χ3v) is 5.99. The van der Waals surface area contributed by atoms with Crippen molar-refractivity contribution in [3.05, 3.63) is 29.8 Å². The van der Waals surface area contributed by atoms with E-state index in [-0.39, 0.29) is 24.0 Å². The molecule has 0 bridgehead atoms. The molecule has 0 aromatic heterocycles. The third-order valence-electron chi connectivity index (χ3n) is 5.99. The molecule has 3 rings (SSSR count). The topological polar surface area (TPSA) is 48.9 Å². The number of guanidine groups is 1. The lowest BCUT2D eigenvalue weighted by molar-refractivity contribution is 0.125. The molecule has 2 aliphatic rings. The van der Waals surface area contributed by atoms with Crippen molar-refractivity contribution in [2.45, 2.75) is 57.5 Å². The van der Waals surface area contributed by atoms with E-state index in [0.717, 1.165) is 31.3 Å². The van der Waals surface area contributed by atoms with E-state index < -0.39 is 0 Å². The van der Waals surface area contributed by atoms with Gasteiger partial charge in [0.15, 0.2) is 5.96 Å². The first-order valence-corrected chi connectivity index (χ1v) is 10.6. The second kappa shape index (κ2) is 11.9. The fraction of sp³-hybridized carbons (Fsp3) is 0.682. The summed E-state index contributed by atoms with van der Waals surface area (Å²) in [5.41, 5.74) is 1.37. The Labute approximate surface area is 187 Å². The molecule has 2 fully saturated rings. The van der Waals surface area contributed by atoms with Crippen LogP contribution in [0.5, 0.6) is 5.75 Å². The number of ether oxygens (including phenoxy) is 1. The summed E-state index contributed by atoms with van der Waals surface area (Å²) in [5.74, 6) is 2.45. The number of piperidine rings is 1. The molecule has 0 amide bonds. The van der Waals surface area contributed by atoms with Gasteiger partial charge in [-0.15, -0.1) is 24.0 Å². The maximum absolute atomic E-state index is 5.33. The Bertz CT molecular complexity index is 601. The Morgan fingerprint density at radius 1 is 1.14 bits per heavy atom. The number of benzene rings is 1. The number of likely N-dealkylation sites (tertiary alicyclic amines) is 1. The van der Waals surface area contributed by atoms with E-state index in [9.17, 15) is 0 Å². The van der Waals surface area contributed by atoms with Crippen molar-refractivity contribution < 1.29 is 4.74 Å². The molecule has 0 radical (unpaired) electrons. The van der Waals surface area contributed by atoms with E-state index >= 15 is 0 Å². The van der Waals surface area contributed by atoms with Crippen molar-refractivity contribution in [2.75, 3.05) is 33.8 Å². The Balaban J connectivity index is 0.00000280. The highest BCUT2D eigenvalue weighted by Gasteiger charge is 2.30. The van der Waals surface area contributed by atoms with Crippen LogP contribution in [0.1, 0.15) is 57.1 Å². The summed E-state index contributed by atoms with van der Waals surface area (Å²) in [6.45, 7) is 5.06. The summed E-state index contributed by atoms with van der Waals surface area (Å²) in [5, 5.41) is 7.08. The van der Waals surface area contributed by atoms with E-state index in [1.807, 2.05) is 0 Å². The number of methoxy groups -OCH3 is 1. The highest BCUT2D eigenvalue weighted by Crippen LogP contribution is 2.35. The minimum atomic E-state index is 0. The Morgan fingerprint density at radius 2 is 1.86 bits per heavy atom. The molecule has 2 atom stereocenters. The second-order valence-electron chi connectivity index (χ2n) is 7.95. The van der Waals surface area contributed by atoms with Crippen LogP contribution in [0, 0.1) is 5.92 Å². The molecule has 28 heavy (non-hydrogen) atoms. The van der Waals surface area contributed by atoms with Gasteiger partial charge in [-0.05, 0) is 69.8 Å². The summed E-state index contributed by atoms with van der Waals surface area (Å²) in [6, 6.07) is 9.58. The third kappa shape index (κ3) is 6.24. The zero-order valence-corrected chi connectivity index (χ0v) is 19.9. The van der Waals surface area contributed by atoms with E-state index in [4.69, 9.17) is 9.73 Å². The van der Waals surface area contributed by atoms with Crippen LogP contribution in [0.3, 0.4) is 0 Å². The van der Waals surface area contributed by atoms with Crippen LogP contribution in [0.15, 0.2) is 29.3 Å². The molecule has 1 heterocycles. The maximum atomic E-state index is 5.33. The molecule has 5 nitrogen and oxygen atoms in total. The summed E-state index contributed by atoms with van der Waals surface area (Å²) in [4.78, 5) is 7.48. The van der Waals surface area contributed by atoms with Gasteiger partial charge in [0, 0.05) is 25.2 Å². The fourth-order valence-corrected chi connectivity index (χ4v) is 4.57. The highest BCUT2D eigenvalue weighted by atomic mass is 127. The van der Waals surface area contributed by atoms with Crippen LogP contribution >= 0.6 is 24.0 Å². The Kier molecular flexibility index (Phi) is 9.85. The van der Waals surface area contributed by atoms with Gasteiger partial charge in [0.2, 0.25) is 0 Å². The average Bonchev–Trinajstić information content (AvgIpc) is 3.19. The van der Waals surface area contributed by atoms with Crippen LogP contribution in [0.2, 0.25) is 0 Å². The van der Waals surface area contributed by atoms with Crippen molar-refractivity contribution in [3.63, 3.8) is 0 Å². The van der Waals surface area contributed by atoms with Crippen LogP contribution in [-0.4, -0.2) is 50.7 Å². The molecular weight excluding hydrogens is 463 g/mol. The normalized spacial score (nSPS) is 23.9. The molecule has 1 aliphatic heterocycles. The van der Waals surface area contributed by atoms with Crippen molar-refractivity contribution in [2.24, 2.45) is 10.9 Å². The molecule has 1 aliphatic carbocycles. The first-order valence-electron chi connectivity index (χ1n) is 10.6. The van der Waals surface area contributed by atoms with E-state index in [0.29, 0.717) is 18.0 Å². The molecule has 158 valence electrons. The van der Waals surface area contributed by atoms with E-state index in [1.54, 1.807) is 7.11 Å². The summed E-state index contributed by atoms with van der Waals surface area (Å²) in [7, 11) is 3.96. The zero-order chi connectivity index (χ0) is 19.1. The maximum Gasteiger partial charge on any atom is 0.191 e. The van der Waals surface area contributed by atoms with Gasteiger partial charge in [0.05, 0.1) is 7.11 Å². The minimum Gasteiger partial charge on any atom is -0.497 e. The summed E-state index contributed by atoms with van der Waals surface area (Å²) >= 11 is 0. The SMILES string of the molecule is CCNC(=NCC1CCCN(C)C1c1ccc(OC)cc1)NC1CCCC1.I. The first kappa shape index (κ1) is 23.3. The number of halogens is 1. The molecule has 2 N–H and O–H groups in total. The van der Waals surface area contributed by atoms with Crippen molar-refractivity contribution in [3.8, 4) is 5.75 Å². The molecule has 0 spiro atoms. The average molecular weight is 500 g/mol. The van der Waals surface area contributed by atoms with Gasteiger partial charge in [-0.2, -0.15) is 0 Å². The van der Waals surface area contributed by atoms with Gasteiger partial charge in [-0.25, -0.2) is 0 Å². The number of nitrogens with one attached hydrogen (secondary N) is 2. The number of hydrogen-bond donors (Lipinski definition) is 2. The second-order valence-corrected chi connectivity index (χ2v) is 7.95. The molecule has 1 saturated carbocycles. The van der Waals surface area contributed by atoms with Gasteiger partial charge in [0.25, 0.3) is 0 Å². The quantitative estimate of drug-likeness (QED) is 0.350. The number of aliphatic imine (C=N–C) groups is 1. The van der Waals surface area contributed by atoms with Crippen LogP contribution in [-0.2, 0) is 0 Å². The molecular formula is C22H37IN4O. The molecule has 2 unspecified atom stereocenters. The fourth-order valence-electron chi connectivity index (χ4n) is 4.57. The van der Waals surface area contributed by atoms with Gasteiger partial charge < -0.3 is 15.4 Å². The molecule has 1 saturated heterocycles. The smallest absolute Gasteiger partial charge is 0.191 e. The van der Waals surface area contributed by atoms with Crippen LogP contribution in [0.25, 0.3) is 0 Å². The van der Waals surface area contributed by atoms with Gasteiger partial charge in [-0.3, -0.25) is 9.89 Å². The highest BCUT2D eigenvalue weighted by molar-refractivity contribution is 14.0. The van der Waals surface area contributed by atoms with Gasteiger partial charge >= 0.3 is 0 Å². The predicted octanol–water partition coefficient (Wildman–Crippen LogP) is 4.19. The lowest BCUT2D eigenvalue weighted by Gasteiger charge is -2.39. The Morgan fingerprint density at radius 3 is 2.50 bits per heavy atom. The van der Waals surface area contributed by atoms with Crippen LogP contribution in [0.4, 0.5) is 0 Å². The lowest BCUT2D eigenvalue weighted by Crippen LogP contribution is -2.43. The number of rotatable bonds is 6. The summed E-state index contributed by atoms with van der Waals surface area (Å²) in [6.07, 6.45) is 7.69. The molecule has 1 aromatic rings. The first-order chi connectivity index (χ1) is 13.2. The van der Waals surface area contributed by atoms with Crippen molar-refractivity contribution >= 4 is 29.9 Å². The predicted molar refractivity (Wildman–Crippen MR) is 128 cm³/mol. The zero-order valence-electron chi connectivity index (χ0n) is 17.6. The number of nitrogens with zero attached hydrogens (tertiary/aromatic N) is 2. The number of hydrogen-bond acceptors (Lipinski definition) is 3. The van der Waals surface area contributed by atoms with Gasteiger partial charge in [0.1, 0.15) is 5.75 Å². The molecule has 1 aromatic carbocycles. The monoisotopic (exact) mass is 500 g/mol. The van der Waals surface area contributed by atoms with Crippen molar-refractivity contribution in [1.29, 1.82) is 0 Å². The lowest BCUT2D eigenvalue weighted by atomic mass is 9.85.